The Labute approximate surface area is 64.9 Å². The Hall–Kier alpha value is -0.900. The summed E-state index contributed by atoms with van der Waals surface area (Å²) in [4.78, 5) is 0. The molecule has 0 fully saturated rings. The summed E-state index contributed by atoms with van der Waals surface area (Å²) in [5, 5.41) is 16.7. The van der Waals surface area contributed by atoms with Gasteiger partial charge in [0.15, 0.2) is 0 Å². The first-order valence-electron chi connectivity index (χ1n) is 3.31. The predicted molar refractivity (Wildman–Crippen MR) is 39.5 cm³/mol. The van der Waals surface area contributed by atoms with Gasteiger partial charge >= 0.3 is 0 Å². The fourth-order valence-electron chi connectivity index (χ4n) is 0.745. The van der Waals surface area contributed by atoms with Gasteiger partial charge < -0.3 is 14.9 Å². The largest absolute Gasteiger partial charge is 0.346 e. The molecule has 0 heterocycles. The minimum absolute atomic E-state index is 0.221. The van der Waals surface area contributed by atoms with E-state index in [1.54, 1.807) is 0 Å². The minimum Gasteiger partial charge on any atom is -0.346 e. The lowest BCUT2D eigenvalue weighted by atomic mass is 10.2. The van der Waals surface area contributed by atoms with Crippen molar-refractivity contribution in [3.63, 3.8) is 0 Å². The van der Waals surface area contributed by atoms with Crippen LogP contribution in [0.1, 0.15) is 5.56 Å². The van der Waals surface area contributed by atoms with Crippen LogP contribution in [0.3, 0.4) is 0 Å². The Morgan fingerprint density at radius 3 is 2.36 bits per heavy atom. The Kier molecular flexibility index (Phi) is 3.04. The first-order valence-corrected chi connectivity index (χ1v) is 3.31. The van der Waals surface area contributed by atoms with Crippen molar-refractivity contribution in [1.29, 1.82) is 0 Å². The molecule has 0 atom stereocenters. The topological polar surface area (TPSA) is 49.7 Å². The number of benzene rings is 1. The molecular formula is C8H10O3. The highest BCUT2D eigenvalue weighted by atomic mass is 16.7. The molecule has 0 aromatic heterocycles. The first kappa shape index (κ1) is 8.20. The van der Waals surface area contributed by atoms with Crippen LogP contribution in [-0.4, -0.2) is 16.7 Å². The number of ether oxygens (including phenoxy) is 1. The zero-order valence-electron chi connectivity index (χ0n) is 5.97. The summed E-state index contributed by atoms with van der Waals surface area (Å²) in [5.41, 5.74) is 0.917. The van der Waals surface area contributed by atoms with Gasteiger partial charge in [0.25, 0.3) is 6.48 Å². The minimum atomic E-state index is -1.68. The smallest absolute Gasteiger partial charge is 0.266 e. The molecule has 0 unspecified atom stereocenters. The molecule has 0 radical (unpaired) electrons. The Morgan fingerprint density at radius 1 is 1.18 bits per heavy atom. The molecule has 0 aliphatic carbocycles. The van der Waals surface area contributed by atoms with Gasteiger partial charge in [-0.3, -0.25) is 0 Å². The summed E-state index contributed by atoms with van der Waals surface area (Å²) >= 11 is 0. The van der Waals surface area contributed by atoms with Crippen LogP contribution in [0.15, 0.2) is 30.3 Å². The summed E-state index contributed by atoms with van der Waals surface area (Å²) in [6.45, 7) is -1.46. The average Bonchev–Trinajstić information content (AvgIpc) is 2.03. The molecule has 3 nitrogen and oxygen atoms in total. The lowest BCUT2D eigenvalue weighted by Gasteiger charge is -2.04. The predicted octanol–water partition coefficient (Wildman–Crippen LogP) is 0.471. The van der Waals surface area contributed by atoms with Crippen molar-refractivity contribution in [3.05, 3.63) is 35.9 Å². The highest BCUT2D eigenvalue weighted by Gasteiger charge is 1.96. The van der Waals surface area contributed by atoms with Crippen molar-refractivity contribution in [2.75, 3.05) is 0 Å². The molecule has 2 N–H and O–H groups in total. The quantitative estimate of drug-likeness (QED) is 0.622. The van der Waals surface area contributed by atoms with Gasteiger partial charge in [-0.2, -0.15) is 0 Å². The van der Waals surface area contributed by atoms with Crippen molar-refractivity contribution in [1.82, 2.24) is 0 Å². The van der Waals surface area contributed by atoms with Gasteiger partial charge in [-0.25, -0.2) is 0 Å². The lowest BCUT2D eigenvalue weighted by molar-refractivity contribution is -0.240. The second-order valence-electron chi connectivity index (χ2n) is 2.12. The molecular weight excluding hydrogens is 144 g/mol. The second-order valence-corrected chi connectivity index (χ2v) is 2.12. The molecule has 60 valence electrons. The van der Waals surface area contributed by atoms with Crippen molar-refractivity contribution >= 4 is 0 Å². The fourth-order valence-corrected chi connectivity index (χ4v) is 0.745. The molecule has 0 aliphatic rings. The van der Waals surface area contributed by atoms with Crippen LogP contribution < -0.4 is 0 Å². The van der Waals surface area contributed by atoms with Gasteiger partial charge in [0.05, 0.1) is 6.61 Å². The van der Waals surface area contributed by atoms with Crippen LogP contribution in [0, 0.1) is 0 Å². The molecule has 0 saturated heterocycles. The third-order valence-electron chi connectivity index (χ3n) is 1.24. The summed E-state index contributed by atoms with van der Waals surface area (Å²) in [5.74, 6) is 0. The molecule has 11 heavy (non-hydrogen) atoms. The van der Waals surface area contributed by atoms with Gasteiger partial charge in [-0.15, -0.1) is 0 Å². The molecule has 0 amide bonds. The van der Waals surface area contributed by atoms with E-state index in [4.69, 9.17) is 10.2 Å². The molecule has 0 bridgehead atoms. The third-order valence-corrected chi connectivity index (χ3v) is 1.24. The molecule has 0 spiro atoms. The van der Waals surface area contributed by atoms with Gasteiger partial charge in [0.2, 0.25) is 0 Å². The maximum Gasteiger partial charge on any atom is 0.266 e. The van der Waals surface area contributed by atoms with E-state index in [9.17, 15) is 0 Å². The van der Waals surface area contributed by atoms with E-state index in [0.717, 1.165) is 5.56 Å². The van der Waals surface area contributed by atoms with Gasteiger partial charge in [-0.05, 0) is 5.56 Å². The number of aliphatic hydroxyl groups is 2. The SMILES string of the molecule is OC(O)OCc1ccccc1. The van der Waals surface area contributed by atoms with Crippen LogP contribution in [0.2, 0.25) is 0 Å². The maximum atomic E-state index is 8.35. The highest BCUT2D eigenvalue weighted by molar-refractivity contribution is 5.13. The van der Waals surface area contributed by atoms with Crippen LogP contribution in [0.25, 0.3) is 0 Å². The standard InChI is InChI=1S/C8H10O3/c9-8(10)11-6-7-4-2-1-3-5-7/h1-5,8-10H,6H2. The maximum absolute atomic E-state index is 8.35. The van der Waals surface area contributed by atoms with Gasteiger partial charge in [0, 0.05) is 0 Å². The number of hydrogen-bond acceptors (Lipinski definition) is 3. The Bertz CT molecular complexity index is 196. The Morgan fingerprint density at radius 2 is 1.82 bits per heavy atom. The lowest BCUT2D eigenvalue weighted by Crippen LogP contribution is -2.09. The number of aliphatic hydroxyl groups excluding tert-OH is 1. The van der Waals surface area contributed by atoms with E-state index >= 15 is 0 Å². The highest BCUT2D eigenvalue weighted by Crippen LogP contribution is 2.00. The van der Waals surface area contributed by atoms with Crippen molar-refractivity contribution in [3.8, 4) is 0 Å². The first-order chi connectivity index (χ1) is 5.29. The molecule has 3 heteroatoms. The van der Waals surface area contributed by atoms with E-state index in [2.05, 4.69) is 4.74 Å². The third kappa shape index (κ3) is 3.13. The number of hydrogen-bond donors (Lipinski definition) is 2. The van der Waals surface area contributed by atoms with Gasteiger partial charge in [0.1, 0.15) is 0 Å². The van der Waals surface area contributed by atoms with Crippen LogP contribution in [0.5, 0.6) is 0 Å². The van der Waals surface area contributed by atoms with Crippen LogP contribution >= 0.6 is 0 Å². The second kappa shape index (κ2) is 4.08. The monoisotopic (exact) mass is 154 g/mol. The summed E-state index contributed by atoms with van der Waals surface area (Å²) in [7, 11) is 0. The molecule has 1 aromatic rings. The molecule has 1 aromatic carbocycles. The molecule has 0 aliphatic heterocycles. The van der Waals surface area contributed by atoms with Crippen LogP contribution in [-0.2, 0) is 11.3 Å². The fraction of sp³-hybridized carbons (Fsp3) is 0.250. The molecule has 0 saturated carbocycles. The van der Waals surface area contributed by atoms with E-state index < -0.39 is 6.48 Å². The van der Waals surface area contributed by atoms with Crippen molar-refractivity contribution in [2.45, 2.75) is 13.1 Å². The van der Waals surface area contributed by atoms with E-state index in [-0.39, 0.29) is 6.61 Å². The van der Waals surface area contributed by atoms with E-state index in [0.29, 0.717) is 0 Å². The van der Waals surface area contributed by atoms with E-state index in [1.165, 1.54) is 0 Å². The van der Waals surface area contributed by atoms with Crippen molar-refractivity contribution in [2.24, 2.45) is 0 Å². The molecule has 1 rings (SSSR count). The van der Waals surface area contributed by atoms with Crippen molar-refractivity contribution < 1.29 is 14.9 Å². The normalized spacial score (nSPS) is 10.5. The number of rotatable bonds is 3. The van der Waals surface area contributed by atoms with E-state index in [1.807, 2.05) is 30.3 Å². The zero-order chi connectivity index (χ0) is 8.10. The summed E-state index contributed by atoms with van der Waals surface area (Å²) in [6.07, 6.45) is 0. The zero-order valence-corrected chi connectivity index (χ0v) is 5.97. The summed E-state index contributed by atoms with van der Waals surface area (Å²) in [6, 6.07) is 9.31. The van der Waals surface area contributed by atoms with Crippen LogP contribution in [0.4, 0.5) is 0 Å². The summed E-state index contributed by atoms with van der Waals surface area (Å²) < 4.78 is 4.54. The van der Waals surface area contributed by atoms with Gasteiger partial charge in [-0.1, -0.05) is 30.3 Å². The average molecular weight is 154 g/mol. The Balaban J connectivity index is 2.39.